The van der Waals surface area contributed by atoms with Crippen molar-refractivity contribution >= 4 is 10.8 Å². The summed E-state index contributed by atoms with van der Waals surface area (Å²) in [5, 5.41) is 2.05. The molecule has 16 heavy (non-hydrogen) atoms. The molecule has 0 saturated carbocycles. The van der Waals surface area contributed by atoms with Gasteiger partial charge in [0.2, 0.25) is 0 Å². The lowest BCUT2D eigenvalue weighted by Gasteiger charge is -2.10. The summed E-state index contributed by atoms with van der Waals surface area (Å²) >= 11 is 0. The van der Waals surface area contributed by atoms with Crippen LogP contribution in [0.5, 0.6) is 11.5 Å². The van der Waals surface area contributed by atoms with Crippen molar-refractivity contribution in [2.24, 2.45) is 5.73 Å². The maximum absolute atomic E-state index is 5.64. The number of benzene rings is 1. The van der Waals surface area contributed by atoms with Crippen LogP contribution in [0, 0.1) is 0 Å². The van der Waals surface area contributed by atoms with Crippen molar-refractivity contribution in [3.63, 3.8) is 0 Å². The molecule has 84 valence electrons. The molecule has 0 unspecified atom stereocenters. The minimum Gasteiger partial charge on any atom is -0.493 e. The average Bonchev–Trinajstić information content (AvgIpc) is 2.36. The van der Waals surface area contributed by atoms with E-state index in [1.54, 1.807) is 20.4 Å². The Morgan fingerprint density at radius 2 is 1.88 bits per heavy atom. The zero-order valence-electron chi connectivity index (χ0n) is 9.36. The van der Waals surface area contributed by atoms with Gasteiger partial charge in [-0.3, -0.25) is 4.98 Å². The fourth-order valence-corrected chi connectivity index (χ4v) is 1.72. The minimum atomic E-state index is 0.410. The van der Waals surface area contributed by atoms with Crippen molar-refractivity contribution in [2.75, 3.05) is 14.2 Å². The molecule has 0 aliphatic carbocycles. The Morgan fingerprint density at radius 3 is 2.50 bits per heavy atom. The van der Waals surface area contributed by atoms with Gasteiger partial charge in [-0.1, -0.05) is 0 Å². The Balaban J connectivity index is 2.72. The number of nitrogens with zero attached hydrogens (tertiary/aromatic N) is 1. The lowest BCUT2D eigenvalue weighted by molar-refractivity contribution is 0.356. The van der Waals surface area contributed by atoms with Crippen LogP contribution in [0.25, 0.3) is 10.8 Å². The maximum atomic E-state index is 5.64. The molecule has 2 aromatic rings. The third-order valence-electron chi connectivity index (χ3n) is 2.54. The second kappa shape index (κ2) is 4.37. The lowest BCUT2D eigenvalue weighted by Crippen LogP contribution is -2.00. The molecule has 4 heteroatoms. The molecule has 0 bridgehead atoms. The summed E-state index contributed by atoms with van der Waals surface area (Å²) in [5.74, 6) is 1.40. The van der Waals surface area contributed by atoms with E-state index in [-0.39, 0.29) is 0 Å². The molecule has 0 spiro atoms. The number of hydrogen-bond donors (Lipinski definition) is 1. The van der Waals surface area contributed by atoms with E-state index in [0.29, 0.717) is 18.0 Å². The fourth-order valence-electron chi connectivity index (χ4n) is 1.72. The maximum Gasteiger partial charge on any atom is 0.161 e. The first-order valence-electron chi connectivity index (χ1n) is 5.00. The van der Waals surface area contributed by atoms with E-state index in [0.717, 1.165) is 16.5 Å². The summed E-state index contributed by atoms with van der Waals surface area (Å²) in [4.78, 5) is 4.23. The second-order valence-electron chi connectivity index (χ2n) is 3.39. The van der Waals surface area contributed by atoms with Crippen molar-refractivity contribution < 1.29 is 9.47 Å². The average molecular weight is 218 g/mol. The smallest absolute Gasteiger partial charge is 0.161 e. The predicted molar refractivity (Wildman–Crippen MR) is 62.7 cm³/mol. The van der Waals surface area contributed by atoms with Crippen LogP contribution < -0.4 is 15.2 Å². The summed E-state index contributed by atoms with van der Waals surface area (Å²) in [5.41, 5.74) is 6.50. The summed E-state index contributed by atoms with van der Waals surface area (Å²) in [6, 6.07) is 5.76. The van der Waals surface area contributed by atoms with Crippen molar-refractivity contribution in [1.29, 1.82) is 0 Å². The summed E-state index contributed by atoms with van der Waals surface area (Å²) < 4.78 is 10.5. The van der Waals surface area contributed by atoms with Crippen molar-refractivity contribution in [1.82, 2.24) is 4.98 Å². The Morgan fingerprint density at radius 1 is 1.19 bits per heavy atom. The summed E-state index contributed by atoms with van der Waals surface area (Å²) in [7, 11) is 3.23. The van der Waals surface area contributed by atoms with Gasteiger partial charge in [-0.05, 0) is 23.6 Å². The van der Waals surface area contributed by atoms with E-state index in [2.05, 4.69) is 4.98 Å². The van der Waals surface area contributed by atoms with Gasteiger partial charge in [0.15, 0.2) is 11.5 Å². The standard InChI is InChI=1S/C12H14N2O2/c1-15-11-5-8-3-4-14-10(7-13)9(8)6-12(11)16-2/h3-6H,7,13H2,1-2H3. The third-order valence-corrected chi connectivity index (χ3v) is 2.54. The van der Waals surface area contributed by atoms with Crippen LogP contribution >= 0.6 is 0 Å². The van der Waals surface area contributed by atoms with Crippen LogP contribution in [0.4, 0.5) is 0 Å². The van der Waals surface area contributed by atoms with E-state index in [1.807, 2.05) is 18.2 Å². The molecule has 2 N–H and O–H groups in total. The number of hydrogen-bond acceptors (Lipinski definition) is 4. The largest absolute Gasteiger partial charge is 0.493 e. The normalized spacial score (nSPS) is 10.4. The van der Waals surface area contributed by atoms with Gasteiger partial charge >= 0.3 is 0 Å². The van der Waals surface area contributed by atoms with Crippen LogP contribution in [0.2, 0.25) is 0 Å². The van der Waals surface area contributed by atoms with Gasteiger partial charge in [-0.25, -0.2) is 0 Å². The topological polar surface area (TPSA) is 57.4 Å². The monoisotopic (exact) mass is 218 g/mol. The summed E-state index contributed by atoms with van der Waals surface area (Å²) in [6.07, 6.45) is 1.75. The first kappa shape index (κ1) is 10.7. The molecule has 1 aromatic carbocycles. The molecular formula is C12H14N2O2. The van der Waals surface area contributed by atoms with Gasteiger partial charge in [-0.15, -0.1) is 0 Å². The van der Waals surface area contributed by atoms with E-state index in [1.165, 1.54) is 0 Å². The zero-order valence-corrected chi connectivity index (χ0v) is 9.36. The molecule has 0 amide bonds. The fraction of sp³-hybridized carbons (Fsp3) is 0.250. The molecule has 4 nitrogen and oxygen atoms in total. The number of nitrogens with two attached hydrogens (primary N) is 1. The first-order valence-corrected chi connectivity index (χ1v) is 5.00. The number of rotatable bonds is 3. The molecule has 0 saturated heterocycles. The SMILES string of the molecule is COc1cc2ccnc(CN)c2cc1OC. The van der Waals surface area contributed by atoms with Gasteiger partial charge in [-0.2, -0.15) is 0 Å². The van der Waals surface area contributed by atoms with Crippen molar-refractivity contribution in [3.05, 3.63) is 30.1 Å². The quantitative estimate of drug-likeness (QED) is 0.852. The molecule has 0 fully saturated rings. The molecule has 1 heterocycles. The van der Waals surface area contributed by atoms with Gasteiger partial charge in [0, 0.05) is 18.1 Å². The second-order valence-corrected chi connectivity index (χ2v) is 3.39. The van der Waals surface area contributed by atoms with E-state index in [9.17, 15) is 0 Å². The third kappa shape index (κ3) is 1.67. The van der Waals surface area contributed by atoms with Crippen LogP contribution in [0.3, 0.4) is 0 Å². The van der Waals surface area contributed by atoms with E-state index < -0.39 is 0 Å². The summed E-state index contributed by atoms with van der Waals surface area (Å²) in [6.45, 7) is 0.410. The molecule has 1 aromatic heterocycles. The highest BCUT2D eigenvalue weighted by molar-refractivity contribution is 5.87. The van der Waals surface area contributed by atoms with Gasteiger partial charge in [0.25, 0.3) is 0 Å². The van der Waals surface area contributed by atoms with E-state index in [4.69, 9.17) is 15.2 Å². The molecule has 2 rings (SSSR count). The van der Waals surface area contributed by atoms with Crippen LogP contribution in [-0.2, 0) is 6.54 Å². The Hall–Kier alpha value is -1.81. The van der Waals surface area contributed by atoms with Crippen molar-refractivity contribution in [2.45, 2.75) is 6.54 Å². The van der Waals surface area contributed by atoms with Crippen LogP contribution in [-0.4, -0.2) is 19.2 Å². The van der Waals surface area contributed by atoms with Crippen molar-refractivity contribution in [3.8, 4) is 11.5 Å². The predicted octanol–water partition coefficient (Wildman–Crippen LogP) is 1.71. The number of aromatic nitrogens is 1. The number of ether oxygens (including phenoxy) is 2. The molecule has 0 aliphatic rings. The van der Waals surface area contributed by atoms with E-state index >= 15 is 0 Å². The van der Waals surface area contributed by atoms with Gasteiger partial charge < -0.3 is 15.2 Å². The van der Waals surface area contributed by atoms with Crippen LogP contribution in [0.1, 0.15) is 5.69 Å². The number of methoxy groups -OCH3 is 2. The van der Waals surface area contributed by atoms with Gasteiger partial charge in [0.05, 0.1) is 19.9 Å². The molecule has 0 aliphatic heterocycles. The Kier molecular flexibility index (Phi) is 2.92. The zero-order chi connectivity index (χ0) is 11.5. The lowest BCUT2D eigenvalue weighted by atomic mass is 10.1. The van der Waals surface area contributed by atoms with Crippen LogP contribution in [0.15, 0.2) is 24.4 Å². The molecule has 0 atom stereocenters. The minimum absolute atomic E-state index is 0.410. The number of pyridine rings is 1. The van der Waals surface area contributed by atoms with Gasteiger partial charge in [0.1, 0.15) is 0 Å². The Labute approximate surface area is 94.0 Å². The first-order chi connectivity index (χ1) is 7.80. The number of fused-ring (bicyclic) bond motifs is 1. The highest BCUT2D eigenvalue weighted by Gasteiger charge is 2.08. The highest BCUT2D eigenvalue weighted by Crippen LogP contribution is 2.32. The molecule has 0 radical (unpaired) electrons. The Bertz CT molecular complexity index is 512. The highest BCUT2D eigenvalue weighted by atomic mass is 16.5. The molecular weight excluding hydrogens is 204 g/mol.